The summed E-state index contributed by atoms with van der Waals surface area (Å²) in [7, 11) is 0. The van der Waals surface area contributed by atoms with E-state index in [2.05, 4.69) is 5.32 Å². The molecule has 0 saturated heterocycles. The summed E-state index contributed by atoms with van der Waals surface area (Å²) in [5.74, 6) is 1.34. The van der Waals surface area contributed by atoms with E-state index < -0.39 is 0 Å². The molecule has 29 heavy (non-hydrogen) atoms. The molecule has 0 amide bonds. The maximum atomic E-state index is 6.07. The lowest BCUT2D eigenvalue weighted by atomic mass is 10.2. The summed E-state index contributed by atoms with van der Waals surface area (Å²) in [6.45, 7) is 3.41. The van der Waals surface area contributed by atoms with Gasteiger partial charge in [-0.3, -0.25) is 0 Å². The molecule has 0 fully saturated rings. The van der Waals surface area contributed by atoms with Crippen molar-refractivity contribution in [1.82, 2.24) is 0 Å². The highest BCUT2D eigenvalue weighted by Gasteiger charge is 2.09. The average molecular weight is 471 g/mol. The highest BCUT2D eigenvalue weighted by atomic mass is 35.5. The molecule has 7 heteroatoms. The number of nitrogens with one attached hydrogen (secondary N) is 1. The Kier molecular flexibility index (Phi) is 7.79. The molecular formula is C22H19Cl4NO2. The number of rotatable bonds is 8. The lowest BCUT2D eigenvalue weighted by Crippen LogP contribution is -2.03. The van der Waals surface area contributed by atoms with Gasteiger partial charge in [-0.2, -0.15) is 0 Å². The quantitative estimate of drug-likeness (QED) is 0.363. The first kappa shape index (κ1) is 21.9. The lowest BCUT2D eigenvalue weighted by Gasteiger charge is -2.14. The van der Waals surface area contributed by atoms with Gasteiger partial charge in [-0.15, -0.1) is 0 Å². The van der Waals surface area contributed by atoms with Crippen molar-refractivity contribution in [3.05, 3.63) is 85.8 Å². The molecular weight excluding hydrogens is 452 g/mol. The van der Waals surface area contributed by atoms with Gasteiger partial charge >= 0.3 is 0 Å². The van der Waals surface area contributed by atoms with Gasteiger partial charge in [-0.25, -0.2) is 0 Å². The van der Waals surface area contributed by atoms with Gasteiger partial charge in [-0.1, -0.05) is 58.5 Å². The fourth-order valence-electron chi connectivity index (χ4n) is 2.70. The van der Waals surface area contributed by atoms with E-state index in [0.717, 1.165) is 16.8 Å². The van der Waals surface area contributed by atoms with Gasteiger partial charge in [0.2, 0.25) is 0 Å². The number of hydrogen-bond acceptors (Lipinski definition) is 3. The van der Waals surface area contributed by atoms with Crippen molar-refractivity contribution < 1.29 is 9.47 Å². The van der Waals surface area contributed by atoms with Crippen molar-refractivity contribution in [3.63, 3.8) is 0 Å². The van der Waals surface area contributed by atoms with Crippen LogP contribution in [0.1, 0.15) is 18.1 Å². The first-order chi connectivity index (χ1) is 13.9. The summed E-state index contributed by atoms with van der Waals surface area (Å²) in [5, 5.41) is 5.49. The summed E-state index contributed by atoms with van der Waals surface area (Å²) >= 11 is 24.1. The molecule has 0 saturated carbocycles. The number of benzene rings is 3. The zero-order valence-corrected chi connectivity index (χ0v) is 18.7. The summed E-state index contributed by atoms with van der Waals surface area (Å²) in [5.41, 5.74) is 2.80. The molecule has 0 aliphatic heterocycles. The topological polar surface area (TPSA) is 30.5 Å². The maximum Gasteiger partial charge on any atom is 0.161 e. The van der Waals surface area contributed by atoms with E-state index >= 15 is 0 Å². The second-order valence-corrected chi connectivity index (χ2v) is 7.95. The molecule has 0 heterocycles. The Bertz CT molecular complexity index is 974. The first-order valence-corrected chi connectivity index (χ1v) is 10.5. The van der Waals surface area contributed by atoms with Crippen molar-refractivity contribution in [1.29, 1.82) is 0 Å². The van der Waals surface area contributed by atoms with Gasteiger partial charge in [-0.05, 0) is 60.5 Å². The molecule has 1 N–H and O–H groups in total. The van der Waals surface area contributed by atoms with Crippen molar-refractivity contribution in [2.45, 2.75) is 20.1 Å². The van der Waals surface area contributed by atoms with Crippen molar-refractivity contribution in [2.75, 3.05) is 11.9 Å². The van der Waals surface area contributed by atoms with E-state index in [9.17, 15) is 0 Å². The van der Waals surface area contributed by atoms with E-state index in [-0.39, 0.29) is 0 Å². The summed E-state index contributed by atoms with van der Waals surface area (Å²) in [6.07, 6.45) is 0. The van der Waals surface area contributed by atoms with Crippen LogP contribution in [0.5, 0.6) is 11.5 Å². The fraction of sp³-hybridized carbons (Fsp3) is 0.182. The number of ether oxygens (including phenoxy) is 2. The molecule has 0 aliphatic rings. The van der Waals surface area contributed by atoms with E-state index in [1.165, 1.54) is 0 Å². The molecule has 0 atom stereocenters. The van der Waals surface area contributed by atoms with Crippen molar-refractivity contribution in [3.8, 4) is 11.5 Å². The van der Waals surface area contributed by atoms with Crippen LogP contribution in [-0.4, -0.2) is 6.61 Å². The minimum Gasteiger partial charge on any atom is -0.490 e. The number of halogens is 4. The monoisotopic (exact) mass is 469 g/mol. The summed E-state index contributed by atoms with van der Waals surface area (Å²) in [6, 6.07) is 16.6. The van der Waals surface area contributed by atoms with E-state index in [0.29, 0.717) is 51.3 Å². The van der Waals surface area contributed by atoms with Crippen LogP contribution < -0.4 is 14.8 Å². The Morgan fingerprint density at radius 3 is 2.14 bits per heavy atom. The minimum absolute atomic E-state index is 0.357. The lowest BCUT2D eigenvalue weighted by molar-refractivity contribution is 0.269. The van der Waals surface area contributed by atoms with Gasteiger partial charge < -0.3 is 14.8 Å². The molecule has 0 aliphatic carbocycles. The molecule has 3 aromatic carbocycles. The highest BCUT2D eigenvalue weighted by Crippen LogP contribution is 2.31. The van der Waals surface area contributed by atoms with Crippen LogP contribution in [0.15, 0.2) is 54.6 Å². The Hall–Kier alpha value is -1.78. The Labute approximate surface area is 190 Å². The molecule has 0 spiro atoms. The fourth-order valence-corrected chi connectivity index (χ4v) is 3.55. The van der Waals surface area contributed by atoms with Crippen LogP contribution in [-0.2, 0) is 13.2 Å². The van der Waals surface area contributed by atoms with Gasteiger partial charge in [0.1, 0.15) is 6.61 Å². The normalized spacial score (nSPS) is 10.7. The maximum absolute atomic E-state index is 6.07. The Morgan fingerprint density at radius 1 is 0.724 bits per heavy atom. The zero-order valence-electron chi connectivity index (χ0n) is 15.6. The molecule has 152 valence electrons. The van der Waals surface area contributed by atoms with Crippen LogP contribution >= 0.6 is 46.4 Å². The standard InChI is InChI=1S/C22H19Cl4NO2/c1-2-28-22-8-14(12-27-18-10-16(23)9-17(24)11-18)4-6-21(22)29-13-15-3-5-19(25)20(26)7-15/h3-11,27H,2,12-13H2,1H3. The predicted molar refractivity (Wildman–Crippen MR) is 122 cm³/mol. The third-order valence-corrected chi connectivity index (χ3v) is 5.22. The Balaban J connectivity index is 1.69. The first-order valence-electron chi connectivity index (χ1n) is 8.97. The van der Waals surface area contributed by atoms with Crippen molar-refractivity contribution >= 4 is 52.1 Å². The predicted octanol–water partition coefficient (Wildman–Crippen LogP) is 7.89. The van der Waals surface area contributed by atoms with E-state index in [1.54, 1.807) is 18.2 Å². The Morgan fingerprint density at radius 2 is 1.45 bits per heavy atom. The van der Waals surface area contributed by atoms with Gasteiger partial charge in [0, 0.05) is 22.3 Å². The van der Waals surface area contributed by atoms with Crippen molar-refractivity contribution in [2.24, 2.45) is 0 Å². The second kappa shape index (κ2) is 10.3. The molecule has 3 rings (SSSR count). The van der Waals surface area contributed by atoms with Gasteiger partial charge in [0.25, 0.3) is 0 Å². The zero-order chi connectivity index (χ0) is 20.8. The van der Waals surface area contributed by atoms with Crippen LogP contribution in [0.2, 0.25) is 20.1 Å². The minimum atomic E-state index is 0.357. The molecule has 0 unspecified atom stereocenters. The number of hydrogen-bond donors (Lipinski definition) is 1. The molecule has 3 aromatic rings. The largest absolute Gasteiger partial charge is 0.490 e. The van der Waals surface area contributed by atoms with Crippen LogP contribution in [0.4, 0.5) is 5.69 Å². The summed E-state index contributed by atoms with van der Waals surface area (Å²) < 4.78 is 11.7. The molecule has 3 nitrogen and oxygen atoms in total. The SMILES string of the molecule is CCOc1cc(CNc2cc(Cl)cc(Cl)c2)ccc1OCc1ccc(Cl)c(Cl)c1. The number of anilines is 1. The highest BCUT2D eigenvalue weighted by molar-refractivity contribution is 6.42. The van der Waals surface area contributed by atoms with Crippen LogP contribution in [0, 0.1) is 0 Å². The average Bonchev–Trinajstić information content (AvgIpc) is 2.68. The van der Waals surface area contributed by atoms with Crippen LogP contribution in [0.25, 0.3) is 0 Å². The van der Waals surface area contributed by atoms with E-state index in [4.69, 9.17) is 55.9 Å². The summed E-state index contributed by atoms with van der Waals surface area (Å²) in [4.78, 5) is 0. The van der Waals surface area contributed by atoms with Crippen LogP contribution in [0.3, 0.4) is 0 Å². The second-order valence-electron chi connectivity index (χ2n) is 6.26. The smallest absolute Gasteiger partial charge is 0.161 e. The van der Waals surface area contributed by atoms with Gasteiger partial charge in [0.15, 0.2) is 11.5 Å². The molecule has 0 radical (unpaired) electrons. The third-order valence-electron chi connectivity index (χ3n) is 4.05. The van der Waals surface area contributed by atoms with E-state index in [1.807, 2.05) is 43.3 Å². The molecule has 0 bridgehead atoms. The third kappa shape index (κ3) is 6.35. The molecule has 0 aromatic heterocycles. The van der Waals surface area contributed by atoms with Gasteiger partial charge in [0.05, 0.1) is 16.7 Å².